The van der Waals surface area contributed by atoms with E-state index in [1.807, 2.05) is 4.90 Å². The number of alkyl halides is 3. The third-order valence-corrected chi connectivity index (χ3v) is 7.80. The van der Waals surface area contributed by atoms with Crippen molar-refractivity contribution in [1.82, 2.24) is 14.9 Å². The van der Waals surface area contributed by atoms with Gasteiger partial charge in [-0.1, -0.05) is 0 Å². The predicted octanol–water partition coefficient (Wildman–Crippen LogP) is 4.15. The lowest BCUT2D eigenvalue weighted by molar-refractivity contribution is -0.137. The molecule has 5 rings (SSSR count). The molecule has 0 radical (unpaired) electrons. The van der Waals surface area contributed by atoms with Gasteiger partial charge in [-0.25, -0.2) is 4.98 Å². The van der Waals surface area contributed by atoms with Crippen LogP contribution in [0.25, 0.3) is 0 Å². The highest BCUT2D eigenvalue weighted by Gasteiger charge is 2.49. The predicted molar refractivity (Wildman–Crippen MR) is 125 cm³/mol. The summed E-state index contributed by atoms with van der Waals surface area (Å²) >= 11 is 0. The van der Waals surface area contributed by atoms with Gasteiger partial charge in [0, 0.05) is 56.8 Å². The van der Waals surface area contributed by atoms with Crippen molar-refractivity contribution in [3.63, 3.8) is 0 Å². The summed E-state index contributed by atoms with van der Waals surface area (Å²) in [5.41, 5.74) is -0.684. The number of nitrogens with zero attached hydrogens (tertiary/aromatic N) is 5. The Kier molecular flexibility index (Phi) is 6.60. The molecule has 1 amide bonds. The second-order valence-electron chi connectivity index (χ2n) is 10.1. The standard InChI is InChI=1S/C26H28F3N5O2/c27-26(28,29)22-11-21(4-3-19(22)12-30)34-14-20(16-36-15-18-1-2-18)25(17-34)5-9-33(10-6-25)24(35)23-13-31-7-8-32-23/h3-4,7-8,11,13,18,20H,1-2,5-6,9-10,14-17H2. The summed E-state index contributed by atoms with van der Waals surface area (Å²) in [7, 11) is 0. The van der Waals surface area contributed by atoms with E-state index in [1.54, 1.807) is 17.0 Å². The zero-order valence-electron chi connectivity index (χ0n) is 19.9. The van der Waals surface area contributed by atoms with Gasteiger partial charge in [0.05, 0.1) is 30.0 Å². The molecule has 10 heteroatoms. The van der Waals surface area contributed by atoms with Crippen molar-refractivity contribution in [3.05, 3.63) is 53.6 Å². The smallest absolute Gasteiger partial charge is 0.381 e. The maximum atomic E-state index is 13.6. The van der Waals surface area contributed by atoms with Crippen molar-refractivity contribution in [2.24, 2.45) is 17.3 Å². The number of amides is 1. The van der Waals surface area contributed by atoms with Gasteiger partial charge in [-0.05, 0) is 55.2 Å². The zero-order chi connectivity index (χ0) is 25.3. The van der Waals surface area contributed by atoms with Gasteiger partial charge in [0.25, 0.3) is 5.91 Å². The minimum absolute atomic E-state index is 0.134. The molecule has 1 aromatic heterocycles. The van der Waals surface area contributed by atoms with Gasteiger partial charge in [0.15, 0.2) is 0 Å². The topological polar surface area (TPSA) is 82.4 Å². The summed E-state index contributed by atoms with van der Waals surface area (Å²) < 4.78 is 46.9. The molecule has 2 aromatic rings. The first-order valence-corrected chi connectivity index (χ1v) is 12.3. The maximum Gasteiger partial charge on any atom is 0.417 e. The van der Waals surface area contributed by atoms with Gasteiger partial charge in [-0.15, -0.1) is 0 Å². The lowest BCUT2D eigenvalue weighted by Gasteiger charge is -2.42. The largest absolute Gasteiger partial charge is 0.417 e. The molecule has 0 N–H and O–H groups in total. The Morgan fingerprint density at radius 3 is 2.61 bits per heavy atom. The summed E-state index contributed by atoms with van der Waals surface area (Å²) in [4.78, 5) is 24.7. The Bertz CT molecular complexity index is 1140. The molecular weight excluding hydrogens is 471 g/mol. The monoisotopic (exact) mass is 499 g/mol. The van der Waals surface area contributed by atoms with Crippen LogP contribution in [0.2, 0.25) is 0 Å². The van der Waals surface area contributed by atoms with Gasteiger partial charge in [0.2, 0.25) is 0 Å². The van der Waals surface area contributed by atoms with Crippen LogP contribution in [0.5, 0.6) is 0 Å². The minimum Gasteiger partial charge on any atom is -0.381 e. The zero-order valence-corrected chi connectivity index (χ0v) is 19.9. The van der Waals surface area contributed by atoms with Gasteiger partial charge < -0.3 is 14.5 Å². The Balaban J connectivity index is 1.34. The second kappa shape index (κ2) is 9.69. The van der Waals surface area contributed by atoms with Crippen LogP contribution in [0.3, 0.4) is 0 Å². The number of likely N-dealkylation sites (tertiary alicyclic amines) is 1. The summed E-state index contributed by atoms with van der Waals surface area (Å²) in [5.74, 6) is 0.601. The van der Waals surface area contributed by atoms with Crippen LogP contribution in [0.1, 0.15) is 47.3 Å². The van der Waals surface area contributed by atoms with Crippen LogP contribution in [0, 0.1) is 28.6 Å². The molecule has 3 aliphatic rings. The average molecular weight is 500 g/mol. The number of hydrogen-bond acceptors (Lipinski definition) is 6. The van der Waals surface area contributed by atoms with E-state index < -0.39 is 11.7 Å². The molecule has 190 valence electrons. The SMILES string of the molecule is N#Cc1ccc(N2CC(COCC3CC3)C3(CCN(C(=O)c4cnccn4)CC3)C2)cc1C(F)(F)F. The van der Waals surface area contributed by atoms with Crippen molar-refractivity contribution in [2.45, 2.75) is 31.9 Å². The maximum absolute atomic E-state index is 13.6. The summed E-state index contributed by atoms with van der Waals surface area (Å²) in [6.07, 6.45) is 3.71. The quantitative estimate of drug-likeness (QED) is 0.594. The normalized spacial score (nSPS) is 21.6. The third-order valence-electron chi connectivity index (χ3n) is 7.80. The number of hydrogen-bond donors (Lipinski definition) is 0. The molecular formula is C26H28F3N5O2. The molecule has 1 aromatic carbocycles. The number of halogens is 3. The number of carbonyl (C=O) groups excluding carboxylic acids is 1. The molecule has 1 atom stereocenters. The number of carbonyl (C=O) groups is 1. The van der Waals surface area contributed by atoms with E-state index in [0.29, 0.717) is 50.1 Å². The number of anilines is 1. The van der Waals surface area contributed by atoms with E-state index in [1.165, 1.54) is 37.5 Å². The highest BCUT2D eigenvalue weighted by molar-refractivity contribution is 5.92. The van der Waals surface area contributed by atoms with Crippen LogP contribution >= 0.6 is 0 Å². The molecule has 1 saturated carbocycles. The fourth-order valence-electron chi connectivity index (χ4n) is 5.48. The summed E-state index contributed by atoms with van der Waals surface area (Å²) in [6.45, 7) is 3.52. The molecule has 0 bridgehead atoms. The summed E-state index contributed by atoms with van der Waals surface area (Å²) in [5, 5.41) is 9.16. The van der Waals surface area contributed by atoms with Crippen LogP contribution in [-0.4, -0.2) is 60.2 Å². The van der Waals surface area contributed by atoms with Gasteiger partial charge in [0.1, 0.15) is 5.69 Å². The molecule has 1 unspecified atom stereocenters. The molecule has 3 heterocycles. The van der Waals surface area contributed by atoms with Crippen LogP contribution < -0.4 is 4.90 Å². The first-order valence-electron chi connectivity index (χ1n) is 12.3. The van der Waals surface area contributed by atoms with Crippen molar-refractivity contribution in [1.29, 1.82) is 5.26 Å². The van der Waals surface area contributed by atoms with Crippen LogP contribution in [-0.2, 0) is 10.9 Å². The Hall–Kier alpha value is -3.19. The highest BCUT2D eigenvalue weighted by atomic mass is 19.4. The Labute approximate surface area is 207 Å². The molecule has 2 aliphatic heterocycles. The van der Waals surface area contributed by atoms with Gasteiger partial charge in [-0.2, -0.15) is 18.4 Å². The molecule has 7 nitrogen and oxygen atoms in total. The third kappa shape index (κ3) is 5.03. The number of nitriles is 1. The Morgan fingerprint density at radius 2 is 1.97 bits per heavy atom. The van der Waals surface area contributed by atoms with Crippen molar-refractivity contribution in [3.8, 4) is 6.07 Å². The van der Waals surface area contributed by atoms with Gasteiger partial charge >= 0.3 is 6.18 Å². The lowest BCUT2D eigenvalue weighted by Crippen LogP contribution is -2.47. The first-order chi connectivity index (χ1) is 17.3. The first kappa shape index (κ1) is 24.5. The number of benzene rings is 1. The van der Waals surface area contributed by atoms with E-state index in [0.717, 1.165) is 25.5 Å². The van der Waals surface area contributed by atoms with Crippen molar-refractivity contribution in [2.75, 3.05) is 44.3 Å². The second-order valence-corrected chi connectivity index (χ2v) is 10.1. The van der Waals surface area contributed by atoms with Crippen LogP contribution in [0.4, 0.5) is 18.9 Å². The van der Waals surface area contributed by atoms with Crippen LogP contribution in [0.15, 0.2) is 36.8 Å². The van der Waals surface area contributed by atoms with E-state index in [4.69, 9.17) is 10.00 Å². The number of ether oxygens (including phenoxy) is 1. The lowest BCUT2D eigenvalue weighted by atomic mass is 9.71. The fraction of sp³-hybridized carbons (Fsp3) is 0.538. The highest BCUT2D eigenvalue weighted by Crippen LogP contribution is 2.47. The fourth-order valence-corrected chi connectivity index (χ4v) is 5.48. The van der Waals surface area contributed by atoms with E-state index in [-0.39, 0.29) is 22.8 Å². The Morgan fingerprint density at radius 1 is 1.19 bits per heavy atom. The van der Waals surface area contributed by atoms with E-state index in [2.05, 4.69) is 9.97 Å². The van der Waals surface area contributed by atoms with E-state index in [9.17, 15) is 18.0 Å². The number of piperidine rings is 1. The summed E-state index contributed by atoms with van der Waals surface area (Å²) in [6, 6.07) is 5.60. The molecule has 3 fully saturated rings. The van der Waals surface area contributed by atoms with Gasteiger partial charge in [-0.3, -0.25) is 9.78 Å². The molecule has 2 saturated heterocycles. The van der Waals surface area contributed by atoms with Crippen molar-refractivity contribution >= 4 is 11.6 Å². The average Bonchev–Trinajstić information content (AvgIpc) is 3.65. The molecule has 1 spiro atoms. The number of rotatable bonds is 6. The molecule has 1 aliphatic carbocycles. The van der Waals surface area contributed by atoms with E-state index >= 15 is 0 Å². The van der Waals surface area contributed by atoms with Crippen molar-refractivity contribution < 1.29 is 22.7 Å². The number of aromatic nitrogens is 2. The molecule has 36 heavy (non-hydrogen) atoms. The minimum atomic E-state index is -4.60.